The number of benzene rings is 1. The second-order valence-corrected chi connectivity index (χ2v) is 10.4. The van der Waals surface area contributed by atoms with Crippen molar-refractivity contribution in [2.24, 2.45) is 0 Å². The number of halogens is 3. The van der Waals surface area contributed by atoms with Crippen LogP contribution in [-0.4, -0.2) is 24.6 Å². The van der Waals surface area contributed by atoms with E-state index in [-0.39, 0.29) is 28.2 Å². The summed E-state index contributed by atoms with van der Waals surface area (Å²) < 4.78 is 29.0. The second-order valence-electron chi connectivity index (χ2n) is 10.0. The first-order chi connectivity index (χ1) is 17.4. The molecule has 2 atom stereocenters. The molecule has 1 aromatic carbocycles. The monoisotopic (exact) mass is 522 g/mol. The predicted octanol–water partition coefficient (Wildman–Crippen LogP) is 5.74. The third kappa shape index (κ3) is 4.79. The van der Waals surface area contributed by atoms with Gasteiger partial charge in [0.1, 0.15) is 22.3 Å². The van der Waals surface area contributed by atoms with Gasteiger partial charge in [0.05, 0.1) is 17.1 Å². The molecule has 1 aliphatic rings. The molecule has 3 heterocycles. The van der Waals surface area contributed by atoms with Crippen LogP contribution in [0.25, 0.3) is 17.1 Å². The lowest BCUT2D eigenvalue weighted by Crippen LogP contribution is -2.23. The molecule has 0 radical (unpaired) electrons. The van der Waals surface area contributed by atoms with E-state index in [4.69, 9.17) is 11.6 Å². The Morgan fingerprint density at radius 2 is 1.73 bits per heavy atom. The summed E-state index contributed by atoms with van der Waals surface area (Å²) in [7, 11) is 0. The average molecular weight is 523 g/mol. The van der Waals surface area contributed by atoms with E-state index in [1.807, 2.05) is 19.9 Å². The zero-order chi connectivity index (χ0) is 26.6. The van der Waals surface area contributed by atoms with E-state index in [9.17, 15) is 18.7 Å². The van der Waals surface area contributed by atoms with Crippen LogP contribution in [0.15, 0.2) is 53.6 Å². The number of aromatic nitrogens is 4. The van der Waals surface area contributed by atoms with Gasteiger partial charge < -0.3 is 5.11 Å². The third-order valence-electron chi connectivity index (χ3n) is 6.65. The van der Waals surface area contributed by atoms with Crippen molar-refractivity contribution in [3.63, 3.8) is 0 Å². The van der Waals surface area contributed by atoms with Crippen molar-refractivity contribution < 1.29 is 13.9 Å². The molecule has 9 heteroatoms. The number of hydrogen-bond donors (Lipinski definition) is 1. The van der Waals surface area contributed by atoms with Gasteiger partial charge in [-0.1, -0.05) is 11.6 Å². The van der Waals surface area contributed by atoms with Gasteiger partial charge in [0.15, 0.2) is 5.82 Å². The minimum atomic E-state index is -1.22. The number of pyridine rings is 2. The molecule has 0 unspecified atom stereocenters. The van der Waals surface area contributed by atoms with E-state index in [2.05, 4.69) is 15.0 Å². The van der Waals surface area contributed by atoms with Gasteiger partial charge in [0.2, 0.25) is 0 Å². The molecule has 4 aromatic rings. The van der Waals surface area contributed by atoms with E-state index in [0.717, 1.165) is 11.6 Å². The van der Waals surface area contributed by atoms with Gasteiger partial charge >= 0.3 is 0 Å². The Hall–Kier alpha value is -3.49. The van der Waals surface area contributed by atoms with Gasteiger partial charge in [-0.05, 0) is 93.0 Å². The van der Waals surface area contributed by atoms with Crippen LogP contribution in [0.4, 0.5) is 8.78 Å². The Labute approximate surface area is 217 Å². The first-order valence-corrected chi connectivity index (χ1v) is 12.2. The summed E-state index contributed by atoms with van der Waals surface area (Å²) in [6.07, 6.45) is 3.86. The molecule has 3 aromatic heterocycles. The van der Waals surface area contributed by atoms with Crippen molar-refractivity contribution >= 4 is 11.6 Å². The molecule has 0 saturated heterocycles. The average Bonchev–Trinajstić information content (AvgIpc) is 3.62. The van der Waals surface area contributed by atoms with Crippen LogP contribution in [0.3, 0.4) is 0 Å². The normalized spacial score (nSPS) is 17.2. The topological polar surface area (TPSA) is 80.9 Å². The van der Waals surface area contributed by atoms with Crippen LogP contribution in [0.1, 0.15) is 60.3 Å². The van der Waals surface area contributed by atoms with Crippen LogP contribution in [0, 0.1) is 25.5 Å². The molecule has 190 valence electrons. The summed E-state index contributed by atoms with van der Waals surface area (Å²) in [6, 6.07) is 8.80. The summed E-state index contributed by atoms with van der Waals surface area (Å²) in [4.78, 5) is 26.6. The molecule has 0 aliphatic heterocycles. The molecular formula is C28H25ClF2N4O2. The van der Waals surface area contributed by atoms with Crippen LogP contribution >= 0.6 is 11.6 Å². The first kappa shape index (κ1) is 25.2. The van der Waals surface area contributed by atoms with E-state index >= 15 is 0 Å². The fourth-order valence-corrected chi connectivity index (χ4v) is 4.97. The predicted molar refractivity (Wildman–Crippen MR) is 137 cm³/mol. The second kappa shape index (κ2) is 9.11. The summed E-state index contributed by atoms with van der Waals surface area (Å²) in [5.74, 6) is -1.19. The van der Waals surface area contributed by atoms with Crippen molar-refractivity contribution in [2.45, 2.75) is 51.6 Å². The van der Waals surface area contributed by atoms with Gasteiger partial charge in [0.25, 0.3) is 5.56 Å². The highest BCUT2D eigenvalue weighted by Crippen LogP contribution is 2.56. The van der Waals surface area contributed by atoms with Crippen molar-refractivity contribution in [3.8, 4) is 17.1 Å². The van der Waals surface area contributed by atoms with Gasteiger partial charge in [-0.25, -0.2) is 18.7 Å². The molecule has 1 aliphatic carbocycles. The van der Waals surface area contributed by atoms with Crippen molar-refractivity contribution in [1.29, 1.82) is 0 Å². The SMILES string of the molecule is Cc1cnc(-c2ccnc(C(C)(C)O)n2)cc1-n1c(C)cc([C@H]2C[C@@H]2c2cc(F)cc(F)c2)c(Cl)c1=O. The Bertz CT molecular complexity index is 1580. The smallest absolute Gasteiger partial charge is 0.274 e. The lowest BCUT2D eigenvalue weighted by Gasteiger charge is -2.17. The number of aliphatic hydroxyl groups is 1. The van der Waals surface area contributed by atoms with Gasteiger partial charge in [0, 0.05) is 24.2 Å². The molecule has 37 heavy (non-hydrogen) atoms. The number of nitrogens with zero attached hydrogens (tertiary/aromatic N) is 4. The Morgan fingerprint density at radius 1 is 1.03 bits per heavy atom. The lowest BCUT2D eigenvalue weighted by atomic mass is 10.0. The van der Waals surface area contributed by atoms with Crippen LogP contribution in [-0.2, 0) is 5.60 Å². The Kier molecular flexibility index (Phi) is 6.20. The highest BCUT2D eigenvalue weighted by atomic mass is 35.5. The maximum Gasteiger partial charge on any atom is 0.274 e. The standard InChI is InChI=1S/C28H25ClF2N4O2/c1-14-13-33-23(22-5-6-32-27(34-22)28(3,4)37)12-24(14)35-15(2)7-21(25(29)26(35)36)20-11-19(20)16-8-17(30)10-18(31)9-16/h5-10,12-13,19-20,37H,11H2,1-4H3/t19-,20+/m1/s1. The van der Waals surface area contributed by atoms with Crippen LogP contribution in [0.5, 0.6) is 0 Å². The summed E-state index contributed by atoms with van der Waals surface area (Å²) in [5.41, 5.74) is 2.67. The van der Waals surface area contributed by atoms with Crippen molar-refractivity contribution in [3.05, 3.63) is 104 Å². The molecule has 1 saturated carbocycles. The fraction of sp³-hybridized carbons (Fsp3) is 0.286. The number of aryl methyl sites for hydroxylation is 2. The van der Waals surface area contributed by atoms with Crippen LogP contribution in [0.2, 0.25) is 5.02 Å². The fourth-order valence-electron chi connectivity index (χ4n) is 4.69. The molecule has 0 spiro atoms. The van der Waals surface area contributed by atoms with E-state index in [0.29, 0.717) is 40.3 Å². The maximum atomic E-state index is 13.7. The summed E-state index contributed by atoms with van der Waals surface area (Å²) >= 11 is 6.61. The molecule has 1 fully saturated rings. The minimum absolute atomic E-state index is 0.0825. The van der Waals surface area contributed by atoms with E-state index in [1.54, 1.807) is 38.4 Å². The highest BCUT2D eigenvalue weighted by Gasteiger charge is 2.42. The number of hydrogen-bond acceptors (Lipinski definition) is 5. The lowest BCUT2D eigenvalue weighted by molar-refractivity contribution is 0.0688. The summed E-state index contributed by atoms with van der Waals surface area (Å²) in [5, 5.41) is 10.4. The van der Waals surface area contributed by atoms with Gasteiger partial charge in [-0.15, -0.1) is 0 Å². The minimum Gasteiger partial charge on any atom is -0.382 e. The van der Waals surface area contributed by atoms with Gasteiger partial charge in [-0.3, -0.25) is 14.3 Å². The maximum absolute atomic E-state index is 13.7. The quantitative estimate of drug-likeness (QED) is 0.362. The molecule has 0 bridgehead atoms. The largest absolute Gasteiger partial charge is 0.382 e. The molecule has 0 amide bonds. The molecular weight excluding hydrogens is 498 g/mol. The van der Waals surface area contributed by atoms with E-state index < -0.39 is 17.2 Å². The van der Waals surface area contributed by atoms with Crippen molar-refractivity contribution in [1.82, 2.24) is 19.5 Å². The van der Waals surface area contributed by atoms with Crippen molar-refractivity contribution in [2.75, 3.05) is 0 Å². The number of rotatable bonds is 5. The summed E-state index contributed by atoms with van der Waals surface area (Å²) in [6.45, 7) is 6.86. The zero-order valence-electron chi connectivity index (χ0n) is 20.8. The van der Waals surface area contributed by atoms with Crippen LogP contribution < -0.4 is 5.56 Å². The molecule has 1 N–H and O–H groups in total. The Balaban J connectivity index is 1.54. The van der Waals surface area contributed by atoms with E-state index in [1.165, 1.54) is 16.7 Å². The molecule has 6 nitrogen and oxygen atoms in total. The zero-order valence-corrected chi connectivity index (χ0v) is 21.5. The first-order valence-electron chi connectivity index (χ1n) is 11.9. The Morgan fingerprint density at radius 3 is 2.41 bits per heavy atom. The highest BCUT2D eigenvalue weighted by molar-refractivity contribution is 6.31. The molecule has 5 rings (SSSR count). The van der Waals surface area contributed by atoms with Gasteiger partial charge in [-0.2, -0.15) is 0 Å². The third-order valence-corrected chi connectivity index (χ3v) is 7.03.